The maximum Gasteiger partial charge on any atom is 0.257 e. The van der Waals surface area contributed by atoms with Gasteiger partial charge in [0.05, 0.1) is 19.3 Å². The zero-order valence-corrected chi connectivity index (χ0v) is 21.3. The topological polar surface area (TPSA) is 71.1 Å². The van der Waals surface area contributed by atoms with E-state index >= 15 is 0 Å². The molecule has 0 unspecified atom stereocenters. The number of halogens is 1. The number of methoxy groups -OCH3 is 1. The second-order valence-electron chi connectivity index (χ2n) is 8.50. The van der Waals surface area contributed by atoms with Gasteiger partial charge in [0.1, 0.15) is 11.5 Å². The Morgan fingerprint density at radius 2 is 1.72 bits per heavy atom. The normalized spacial score (nSPS) is 13.3. The summed E-state index contributed by atoms with van der Waals surface area (Å²) in [5.41, 5.74) is 2.77. The smallest absolute Gasteiger partial charge is 0.257 e. The molecule has 4 rings (SSSR count). The SMILES string of the molecule is CCCOc1cccc(C(=O)Nc2ccc(N3CCN(C(=O)c4cc(Cl)ccc4OC)CC3)cc2)c1. The van der Waals surface area contributed by atoms with Crippen molar-refractivity contribution in [2.24, 2.45) is 0 Å². The summed E-state index contributed by atoms with van der Waals surface area (Å²) in [5, 5.41) is 3.44. The number of rotatable bonds is 8. The van der Waals surface area contributed by atoms with E-state index in [4.69, 9.17) is 21.1 Å². The molecule has 1 fully saturated rings. The molecule has 0 atom stereocenters. The molecule has 1 aliphatic rings. The summed E-state index contributed by atoms with van der Waals surface area (Å²) in [5.74, 6) is 0.931. The average Bonchev–Trinajstić information content (AvgIpc) is 2.92. The monoisotopic (exact) mass is 507 g/mol. The molecule has 36 heavy (non-hydrogen) atoms. The first-order valence-electron chi connectivity index (χ1n) is 12.0. The third-order valence-corrected chi connectivity index (χ3v) is 6.25. The van der Waals surface area contributed by atoms with Crippen LogP contribution < -0.4 is 19.7 Å². The Labute approximate surface area is 216 Å². The van der Waals surface area contributed by atoms with Crippen LogP contribution in [0.15, 0.2) is 66.7 Å². The minimum atomic E-state index is -0.187. The Kier molecular flexibility index (Phi) is 8.33. The molecule has 0 aromatic heterocycles. The number of nitrogens with zero attached hydrogens (tertiary/aromatic N) is 2. The van der Waals surface area contributed by atoms with Gasteiger partial charge in [0, 0.05) is 48.1 Å². The van der Waals surface area contributed by atoms with Gasteiger partial charge in [0.15, 0.2) is 0 Å². The van der Waals surface area contributed by atoms with Gasteiger partial charge in [-0.15, -0.1) is 0 Å². The summed E-state index contributed by atoms with van der Waals surface area (Å²) in [6, 6.07) is 20.0. The quantitative estimate of drug-likeness (QED) is 0.445. The van der Waals surface area contributed by atoms with Gasteiger partial charge in [0.2, 0.25) is 0 Å². The lowest BCUT2D eigenvalue weighted by atomic mass is 10.1. The first-order chi connectivity index (χ1) is 17.5. The largest absolute Gasteiger partial charge is 0.496 e. The summed E-state index contributed by atoms with van der Waals surface area (Å²) >= 11 is 6.10. The maximum absolute atomic E-state index is 13.0. The zero-order chi connectivity index (χ0) is 25.5. The molecule has 188 valence electrons. The van der Waals surface area contributed by atoms with Crippen LogP contribution in [0.3, 0.4) is 0 Å². The van der Waals surface area contributed by atoms with Crippen molar-refractivity contribution in [2.75, 3.05) is 50.1 Å². The molecule has 2 amide bonds. The van der Waals surface area contributed by atoms with Crippen LogP contribution in [0, 0.1) is 0 Å². The van der Waals surface area contributed by atoms with Crippen LogP contribution in [0.2, 0.25) is 5.02 Å². The van der Waals surface area contributed by atoms with Crippen LogP contribution in [0.25, 0.3) is 0 Å². The van der Waals surface area contributed by atoms with Gasteiger partial charge in [-0.05, 0) is 67.1 Å². The van der Waals surface area contributed by atoms with Gasteiger partial charge in [-0.1, -0.05) is 24.6 Å². The molecule has 0 spiro atoms. The Hall–Kier alpha value is -3.71. The molecule has 1 heterocycles. The first-order valence-corrected chi connectivity index (χ1v) is 12.4. The Morgan fingerprint density at radius 3 is 2.42 bits per heavy atom. The highest BCUT2D eigenvalue weighted by atomic mass is 35.5. The third kappa shape index (κ3) is 6.10. The van der Waals surface area contributed by atoms with Crippen LogP contribution >= 0.6 is 11.6 Å². The highest BCUT2D eigenvalue weighted by Gasteiger charge is 2.24. The molecule has 3 aromatic rings. The van der Waals surface area contributed by atoms with E-state index in [2.05, 4.69) is 10.2 Å². The molecule has 1 saturated heterocycles. The Balaban J connectivity index is 1.33. The van der Waals surface area contributed by atoms with E-state index in [0.717, 1.165) is 12.1 Å². The molecular weight excluding hydrogens is 478 g/mol. The Morgan fingerprint density at radius 1 is 0.972 bits per heavy atom. The van der Waals surface area contributed by atoms with Crippen LogP contribution in [-0.2, 0) is 0 Å². The summed E-state index contributed by atoms with van der Waals surface area (Å²) < 4.78 is 11.0. The zero-order valence-electron chi connectivity index (χ0n) is 20.5. The van der Waals surface area contributed by atoms with Crippen molar-refractivity contribution in [3.8, 4) is 11.5 Å². The standard InChI is InChI=1S/C28H30ClN3O4/c1-3-17-36-24-6-4-5-20(18-24)27(33)30-22-8-10-23(11-9-22)31-13-15-32(16-14-31)28(34)25-19-21(29)7-12-26(25)35-2/h4-12,18-19H,3,13-17H2,1-2H3,(H,30,33). The van der Waals surface area contributed by atoms with Crippen LogP contribution in [0.4, 0.5) is 11.4 Å². The summed E-state index contributed by atoms with van der Waals surface area (Å²) in [6.07, 6.45) is 0.908. The van der Waals surface area contributed by atoms with E-state index in [1.54, 1.807) is 37.4 Å². The van der Waals surface area contributed by atoms with E-state index in [0.29, 0.717) is 66.1 Å². The van der Waals surface area contributed by atoms with Crippen LogP contribution in [-0.4, -0.2) is 56.6 Å². The van der Waals surface area contributed by atoms with E-state index < -0.39 is 0 Å². The number of anilines is 2. The summed E-state index contributed by atoms with van der Waals surface area (Å²) in [4.78, 5) is 29.7. The first kappa shape index (κ1) is 25.4. The second kappa shape index (κ2) is 11.8. The van der Waals surface area contributed by atoms with E-state index in [1.165, 1.54) is 0 Å². The van der Waals surface area contributed by atoms with Gasteiger partial charge in [-0.2, -0.15) is 0 Å². The summed E-state index contributed by atoms with van der Waals surface area (Å²) in [6.45, 7) is 5.23. The lowest BCUT2D eigenvalue weighted by Crippen LogP contribution is -2.48. The fourth-order valence-corrected chi connectivity index (χ4v) is 4.26. The molecule has 1 N–H and O–H groups in total. The molecule has 0 saturated carbocycles. The van der Waals surface area contributed by atoms with Crippen molar-refractivity contribution in [3.63, 3.8) is 0 Å². The lowest BCUT2D eigenvalue weighted by Gasteiger charge is -2.36. The molecular formula is C28H30ClN3O4. The number of nitrogens with one attached hydrogen (secondary N) is 1. The van der Waals surface area contributed by atoms with Crippen molar-refractivity contribution < 1.29 is 19.1 Å². The predicted octanol–water partition coefficient (Wildman–Crippen LogP) is 5.35. The van der Waals surface area contributed by atoms with E-state index in [9.17, 15) is 9.59 Å². The minimum absolute atomic E-state index is 0.0868. The number of piperazine rings is 1. The van der Waals surface area contributed by atoms with Crippen molar-refractivity contribution in [1.29, 1.82) is 0 Å². The maximum atomic E-state index is 13.0. The minimum Gasteiger partial charge on any atom is -0.496 e. The van der Waals surface area contributed by atoms with Gasteiger partial charge < -0.3 is 24.6 Å². The lowest BCUT2D eigenvalue weighted by molar-refractivity contribution is 0.0743. The number of benzene rings is 3. The van der Waals surface area contributed by atoms with Gasteiger partial charge in [0.25, 0.3) is 11.8 Å². The molecule has 0 radical (unpaired) electrons. The average molecular weight is 508 g/mol. The fraction of sp³-hybridized carbons (Fsp3) is 0.286. The van der Waals surface area contributed by atoms with E-state index in [1.807, 2.05) is 48.2 Å². The highest BCUT2D eigenvalue weighted by molar-refractivity contribution is 6.31. The van der Waals surface area contributed by atoms with Gasteiger partial charge >= 0.3 is 0 Å². The Bertz CT molecular complexity index is 1210. The number of carbonyl (C=O) groups is 2. The third-order valence-electron chi connectivity index (χ3n) is 6.02. The predicted molar refractivity (Wildman–Crippen MR) is 143 cm³/mol. The molecule has 1 aliphatic heterocycles. The number of amides is 2. The second-order valence-corrected chi connectivity index (χ2v) is 8.94. The number of hydrogen-bond acceptors (Lipinski definition) is 5. The number of carbonyl (C=O) groups excluding carboxylic acids is 2. The van der Waals surface area contributed by atoms with Crippen molar-refractivity contribution in [3.05, 3.63) is 82.9 Å². The fourth-order valence-electron chi connectivity index (χ4n) is 4.09. The molecule has 7 nitrogen and oxygen atoms in total. The van der Waals surface area contributed by atoms with E-state index in [-0.39, 0.29) is 11.8 Å². The molecule has 0 bridgehead atoms. The van der Waals surface area contributed by atoms with Crippen molar-refractivity contribution >= 4 is 34.8 Å². The number of hydrogen-bond donors (Lipinski definition) is 1. The van der Waals surface area contributed by atoms with Crippen molar-refractivity contribution in [1.82, 2.24) is 4.90 Å². The summed E-state index contributed by atoms with van der Waals surface area (Å²) in [7, 11) is 1.54. The molecule has 0 aliphatic carbocycles. The van der Waals surface area contributed by atoms with Crippen LogP contribution in [0.1, 0.15) is 34.1 Å². The number of ether oxygens (including phenoxy) is 2. The molecule has 3 aromatic carbocycles. The van der Waals surface area contributed by atoms with Gasteiger partial charge in [-0.3, -0.25) is 9.59 Å². The molecule has 8 heteroatoms. The van der Waals surface area contributed by atoms with Gasteiger partial charge in [-0.25, -0.2) is 0 Å². The van der Waals surface area contributed by atoms with Crippen LogP contribution in [0.5, 0.6) is 11.5 Å². The highest BCUT2D eigenvalue weighted by Crippen LogP contribution is 2.26. The van der Waals surface area contributed by atoms with Crippen molar-refractivity contribution in [2.45, 2.75) is 13.3 Å².